The maximum atomic E-state index is 12.2. The molecule has 1 aliphatic heterocycles. The third kappa shape index (κ3) is 6.22. The summed E-state index contributed by atoms with van der Waals surface area (Å²) >= 11 is 0. The molecule has 0 atom stereocenters. The number of guanidine groups is 1. The van der Waals surface area contributed by atoms with Crippen molar-refractivity contribution in [1.82, 2.24) is 10.2 Å². The van der Waals surface area contributed by atoms with Gasteiger partial charge in [-0.15, -0.1) is 24.0 Å². The molecule has 0 saturated carbocycles. The van der Waals surface area contributed by atoms with E-state index < -0.39 is 0 Å². The van der Waals surface area contributed by atoms with Crippen LogP contribution in [0.25, 0.3) is 0 Å². The maximum absolute atomic E-state index is 12.2. The molecule has 180 valence electrons. The third-order valence-corrected chi connectivity index (χ3v) is 5.60. The van der Waals surface area contributed by atoms with Crippen molar-refractivity contribution in [3.8, 4) is 5.75 Å². The molecule has 2 N–H and O–H groups in total. The average molecular weight is 575 g/mol. The Morgan fingerprint density at radius 2 is 1.85 bits per heavy atom. The fraction of sp³-hybridized carbons (Fsp3) is 0.280. The molecule has 1 aliphatic rings. The first-order valence-corrected chi connectivity index (χ1v) is 11.0. The Hall–Kier alpha value is -3.21. The lowest BCUT2D eigenvalue weighted by Gasteiger charge is -2.38. The molecule has 1 amide bonds. The molecule has 9 heteroatoms. The Morgan fingerprint density at radius 3 is 2.56 bits per heavy atom. The summed E-state index contributed by atoms with van der Waals surface area (Å²) in [7, 11) is 3.51. The van der Waals surface area contributed by atoms with Crippen molar-refractivity contribution in [2.24, 2.45) is 4.99 Å². The number of nitrogens with zero attached hydrogens (tertiary/aromatic N) is 3. The molecule has 4 rings (SSSR count). The van der Waals surface area contributed by atoms with Crippen LogP contribution in [-0.2, 0) is 6.54 Å². The molecule has 2 aromatic carbocycles. The topological polar surface area (TPSA) is 82.3 Å². The van der Waals surface area contributed by atoms with Crippen LogP contribution in [0, 0.1) is 0 Å². The van der Waals surface area contributed by atoms with Crippen molar-refractivity contribution in [1.29, 1.82) is 0 Å². The van der Waals surface area contributed by atoms with Crippen LogP contribution in [0.15, 0.2) is 76.3 Å². The highest BCUT2D eigenvalue weighted by Gasteiger charge is 2.21. The van der Waals surface area contributed by atoms with E-state index in [0.29, 0.717) is 6.54 Å². The largest absolute Gasteiger partial charge is 0.495 e. The molecule has 2 heterocycles. The van der Waals surface area contributed by atoms with Gasteiger partial charge in [-0.1, -0.05) is 24.3 Å². The molecule has 0 unspecified atom stereocenters. The van der Waals surface area contributed by atoms with Crippen LogP contribution in [0.1, 0.15) is 16.1 Å². The van der Waals surface area contributed by atoms with Crippen LogP contribution in [0.5, 0.6) is 5.75 Å². The van der Waals surface area contributed by atoms with Crippen LogP contribution >= 0.6 is 24.0 Å². The first-order chi connectivity index (χ1) is 16.2. The molecular weight excluding hydrogens is 545 g/mol. The predicted octanol–water partition coefficient (Wildman–Crippen LogP) is 4.06. The number of carbonyl (C=O) groups is 1. The smallest absolute Gasteiger partial charge is 0.291 e. The van der Waals surface area contributed by atoms with Crippen molar-refractivity contribution in [2.45, 2.75) is 6.54 Å². The molecule has 1 aromatic heterocycles. The number of benzene rings is 2. The number of para-hydroxylation sites is 2. The van der Waals surface area contributed by atoms with Gasteiger partial charge in [-0.2, -0.15) is 0 Å². The number of anilines is 2. The van der Waals surface area contributed by atoms with Gasteiger partial charge in [0.2, 0.25) is 0 Å². The van der Waals surface area contributed by atoms with E-state index in [4.69, 9.17) is 9.15 Å². The van der Waals surface area contributed by atoms with Crippen molar-refractivity contribution in [2.75, 3.05) is 50.6 Å². The summed E-state index contributed by atoms with van der Waals surface area (Å²) in [5.41, 5.74) is 2.88. The van der Waals surface area contributed by atoms with Gasteiger partial charge >= 0.3 is 0 Å². The second-order valence-corrected chi connectivity index (χ2v) is 7.68. The summed E-state index contributed by atoms with van der Waals surface area (Å²) in [4.78, 5) is 21.3. The summed E-state index contributed by atoms with van der Waals surface area (Å²) in [6, 6.07) is 19.2. The minimum absolute atomic E-state index is 0. The fourth-order valence-electron chi connectivity index (χ4n) is 3.92. The standard InChI is InChI=1S/C25H29N5O3.HI/c1-26-25(30-14-12-29(13-15-30)21-9-3-4-10-22(21)32-2)27-18-19-7-5-8-20(17-19)28-24(31)23-11-6-16-33-23;/h3-11,16-17H,12-15,18H2,1-2H3,(H,26,27)(H,28,31);1H. The zero-order valence-electron chi connectivity index (χ0n) is 19.4. The molecule has 1 fully saturated rings. The lowest BCUT2D eigenvalue weighted by molar-refractivity contribution is 0.0996. The number of furan rings is 1. The first kappa shape index (κ1) is 25.4. The van der Waals surface area contributed by atoms with Gasteiger partial charge in [0.25, 0.3) is 5.91 Å². The van der Waals surface area contributed by atoms with E-state index in [9.17, 15) is 4.79 Å². The minimum Gasteiger partial charge on any atom is -0.495 e. The average Bonchev–Trinajstić information content (AvgIpc) is 3.40. The van der Waals surface area contributed by atoms with Crippen LogP contribution in [-0.4, -0.2) is 57.1 Å². The second-order valence-electron chi connectivity index (χ2n) is 7.68. The Balaban J connectivity index is 0.00000324. The Kier molecular flexibility index (Phi) is 9.20. The number of piperazine rings is 1. The lowest BCUT2D eigenvalue weighted by Crippen LogP contribution is -2.52. The molecule has 0 spiro atoms. The molecule has 8 nitrogen and oxygen atoms in total. The summed E-state index contributed by atoms with van der Waals surface area (Å²) in [6.07, 6.45) is 1.48. The van der Waals surface area contributed by atoms with E-state index in [2.05, 4.69) is 31.5 Å². The van der Waals surface area contributed by atoms with Crippen LogP contribution < -0.4 is 20.3 Å². The van der Waals surface area contributed by atoms with Crippen LogP contribution in [0.3, 0.4) is 0 Å². The maximum Gasteiger partial charge on any atom is 0.291 e. The van der Waals surface area contributed by atoms with Gasteiger partial charge in [0, 0.05) is 45.5 Å². The number of hydrogen-bond acceptors (Lipinski definition) is 5. The molecule has 0 radical (unpaired) electrons. The van der Waals surface area contributed by atoms with E-state index in [1.54, 1.807) is 26.3 Å². The number of hydrogen-bond donors (Lipinski definition) is 2. The molecule has 34 heavy (non-hydrogen) atoms. The second kappa shape index (κ2) is 12.3. The number of amides is 1. The van der Waals surface area contributed by atoms with E-state index in [1.165, 1.54) is 6.26 Å². The number of aliphatic imine (C=N–C) groups is 1. The van der Waals surface area contributed by atoms with E-state index in [1.807, 2.05) is 42.5 Å². The number of nitrogens with one attached hydrogen (secondary N) is 2. The normalized spacial score (nSPS) is 13.8. The zero-order chi connectivity index (χ0) is 23.0. The van der Waals surface area contributed by atoms with Gasteiger partial charge in [-0.05, 0) is 42.0 Å². The number of methoxy groups -OCH3 is 1. The summed E-state index contributed by atoms with van der Waals surface area (Å²) in [6.45, 7) is 4.09. The molecular formula is C25H30IN5O3. The number of rotatable bonds is 6. The molecule has 0 aliphatic carbocycles. The lowest BCUT2D eigenvalue weighted by atomic mass is 10.2. The highest BCUT2D eigenvalue weighted by atomic mass is 127. The molecule has 0 bridgehead atoms. The summed E-state index contributed by atoms with van der Waals surface area (Å²) in [5.74, 6) is 1.77. The van der Waals surface area contributed by atoms with Gasteiger partial charge in [0.1, 0.15) is 5.75 Å². The SMILES string of the molecule is CN=C(NCc1cccc(NC(=O)c2ccco2)c1)N1CCN(c2ccccc2OC)CC1.I. The van der Waals surface area contributed by atoms with E-state index in [-0.39, 0.29) is 35.6 Å². The van der Waals surface area contributed by atoms with Gasteiger partial charge in [-0.3, -0.25) is 9.79 Å². The van der Waals surface area contributed by atoms with Gasteiger partial charge in [0.05, 0.1) is 19.1 Å². The van der Waals surface area contributed by atoms with Crippen LogP contribution in [0.4, 0.5) is 11.4 Å². The number of ether oxygens (including phenoxy) is 1. The first-order valence-electron chi connectivity index (χ1n) is 11.0. The van der Waals surface area contributed by atoms with Gasteiger partial charge < -0.3 is 29.6 Å². The van der Waals surface area contributed by atoms with Crippen molar-refractivity contribution < 1.29 is 13.9 Å². The summed E-state index contributed by atoms with van der Waals surface area (Å²) in [5, 5.41) is 6.30. The van der Waals surface area contributed by atoms with E-state index in [0.717, 1.165) is 54.8 Å². The zero-order valence-corrected chi connectivity index (χ0v) is 21.7. The molecule has 1 saturated heterocycles. The number of halogens is 1. The summed E-state index contributed by atoms with van der Waals surface area (Å²) < 4.78 is 10.7. The minimum atomic E-state index is -0.270. The van der Waals surface area contributed by atoms with Crippen molar-refractivity contribution in [3.63, 3.8) is 0 Å². The Bertz CT molecular complexity index is 1100. The Morgan fingerprint density at radius 1 is 1.06 bits per heavy atom. The molecule has 3 aromatic rings. The highest BCUT2D eigenvalue weighted by molar-refractivity contribution is 14.0. The van der Waals surface area contributed by atoms with E-state index >= 15 is 0 Å². The quantitative estimate of drug-likeness (QED) is 0.262. The third-order valence-electron chi connectivity index (χ3n) is 5.60. The van der Waals surface area contributed by atoms with Crippen LogP contribution in [0.2, 0.25) is 0 Å². The predicted molar refractivity (Wildman–Crippen MR) is 145 cm³/mol. The highest BCUT2D eigenvalue weighted by Crippen LogP contribution is 2.28. The number of carbonyl (C=O) groups excluding carboxylic acids is 1. The van der Waals surface area contributed by atoms with Gasteiger partial charge in [0.15, 0.2) is 11.7 Å². The fourth-order valence-corrected chi connectivity index (χ4v) is 3.92. The van der Waals surface area contributed by atoms with Crippen molar-refractivity contribution >= 4 is 47.2 Å². The Labute approximate surface area is 217 Å². The monoisotopic (exact) mass is 575 g/mol. The van der Waals surface area contributed by atoms with Gasteiger partial charge in [-0.25, -0.2) is 0 Å². The van der Waals surface area contributed by atoms with Crippen molar-refractivity contribution in [3.05, 3.63) is 78.3 Å².